The van der Waals surface area contributed by atoms with Gasteiger partial charge in [0.1, 0.15) is 0 Å². The number of hydrogen-bond acceptors (Lipinski definition) is 4. The molecule has 1 aromatic heterocycles. The van der Waals surface area contributed by atoms with Crippen LogP contribution in [0.5, 0.6) is 0 Å². The van der Waals surface area contributed by atoms with Crippen LogP contribution in [0.25, 0.3) is 10.1 Å². The van der Waals surface area contributed by atoms with Crippen molar-refractivity contribution in [3.63, 3.8) is 0 Å². The highest BCUT2D eigenvalue weighted by Gasteiger charge is 2.13. The number of carboxylic acids is 1. The van der Waals surface area contributed by atoms with Crippen LogP contribution in [-0.4, -0.2) is 11.9 Å². The summed E-state index contributed by atoms with van der Waals surface area (Å²) in [5.74, 6) is -1.63. The number of carboxylic acid groups (broad SMARTS) is 1. The number of aromatic carboxylic acids is 1. The minimum Gasteiger partial charge on any atom is -0.545 e. The van der Waals surface area contributed by atoms with Gasteiger partial charge in [-0.25, -0.2) is 0 Å². The zero-order valence-corrected chi connectivity index (χ0v) is 12.6. The van der Waals surface area contributed by atoms with Crippen molar-refractivity contribution in [2.24, 2.45) is 0 Å². The topological polar surface area (TPSA) is 69.2 Å². The molecule has 0 atom stereocenters. The van der Waals surface area contributed by atoms with Crippen LogP contribution < -0.4 is 10.4 Å². The quantitative estimate of drug-likeness (QED) is 0.808. The fourth-order valence-corrected chi connectivity index (χ4v) is 3.28. The standard InChI is InChI=1S/C17H13NO3S/c1-10-5-4-7-12(15(10)17(20)21)18-16(19)14-9-11-6-2-3-8-13(11)22-14/h2-9H,1H3,(H,18,19)(H,20,21)/p-1. The first-order valence-corrected chi connectivity index (χ1v) is 7.49. The average Bonchev–Trinajstić information content (AvgIpc) is 2.91. The Balaban J connectivity index is 1.94. The van der Waals surface area contributed by atoms with E-state index in [-0.39, 0.29) is 17.2 Å². The van der Waals surface area contributed by atoms with E-state index >= 15 is 0 Å². The predicted molar refractivity (Wildman–Crippen MR) is 85.3 cm³/mol. The van der Waals surface area contributed by atoms with Crippen molar-refractivity contribution in [1.29, 1.82) is 0 Å². The number of hydrogen-bond donors (Lipinski definition) is 1. The summed E-state index contributed by atoms with van der Waals surface area (Å²) in [6, 6.07) is 14.4. The zero-order chi connectivity index (χ0) is 15.7. The molecule has 0 spiro atoms. The second-order valence-corrected chi connectivity index (χ2v) is 5.97. The SMILES string of the molecule is Cc1cccc(NC(=O)c2cc3ccccc3s2)c1C(=O)[O-]. The van der Waals surface area contributed by atoms with Gasteiger partial charge in [-0.15, -0.1) is 11.3 Å². The molecule has 0 aliphatic rings. The van der Waals surface area contributed by atoms with Crippen LogP contribution in [0.15, 0.2) is 48.5 Å². The normalized spacial score (nSPS) is 10.6. The van der Waals surface area contributed by atoms with Crippen molar-refractivity contribution in [1.82, 2.24) is 0 Å². The number of anilines is 1. The van der Waals surface area contributed by atoms with Crippen molar-refractivity contribution >= 4 is 39.0 Å². The van der Waals surface area contributed by atoms with Crippen molar-refractivity contribution in [3.8, 4) is 0 Å². The first kappa shape index (κ1) is 14.3. The lowest BCUT2D eigenvalue weighted by molar-refractivity contribution is -0.254. The number of nitrogens with one attached hydrogen (secondary N) is 1. The van der Waals surface area contributed by atoms with Crippen LogP contribution in [0, 0.1) is 6.92 Å². The van der Waals surface area contributed by atoms with E-state index in [1.165, 1.54) is 11.3 Å². The Hall–Kier alpha value is -2.66. The molecular formula is C17H12NO3S-. The third-order valence-electron chi connectivity index (χ3n) is 3.37. The molecule has 0 saturated carbocycles. The second kappa shape index (κ2) is 5.61. The molecule has 0 aliphatic heterocycles. The van der Waals surface area contributed by atoms with E-state index < -0.39 is 5.97 Å². The number of carbonyl (C=O) groups is 2. The molecule has 5 heteroatoms. The van der Waals surface area contributed by atoms with E-state index in [9.17, 15) is 14.7 Å². The molecular weight excluding hydrogens is 298 g/mol. The van der Waals surface area contributed by atoms with Crippen LogP contribution >= 0.6 is 11.3 Å². The number of rotatable bonds is 3. The summed E-state index contributed by atoms with van der Waals surface area (Å²) in [6.07, 6.45) is 0. The summed E-state index contributed by atoms with van der Waals surface area (Å²) in [6.45, 7) is 1.67. The van der Waals surface area contributed by atoms with Gasteiger partial charge in [-0.2, -0.15) is 0 Å². The summed E-state index contributed by atoms with van der Waals surface area (Å²) >= 11 is 1.37. The van der Waals surface area contributed by atoms with E-state index in [2.05, 4.69) is 5.32 Å². The fourth-order valence-electron chi connectivity index (χ4n) is 2.32. The van der Waals surface area contributed by atoms with E-state index in [1.807, 2.05) is 24.3 Å². The minimum absolute atomic E-state index is 0.0111. The molecule has 0 radical (unpaired) electrons. The van der Waals surface area contributed by atoms with Crippen LogP contribution in [0.2, 0.25) is 0 Å². The molecule has 110 valence electrons. The maximum atomic E-state index is 12.4. The largest absolute Gasteiger partial charge is 0.545 e. The molecule has 1 heterocycles. The van der Waals surface area contributed by atoms with Crippen LogP contribution in [-0.2, 0) is 0 Å². The average molecular weight is 310 g/mol. The van der Waals surface area contributed by atoms with Gasteiger partial charge in [0.15, 0.2) is 0 Å². The van der Waals surface area contributed by atoms with Crippen LogP contribution in [0.1, 0.15) is 25.6 Å². The Bertz CT molecular complexity index is 849. The third kappa shape index (κ3) is 2.58. The summed E-state index contributed by atoms with van der Waals surface area (Å²) in [5.41, 5.74) is 0.813. The van der Waals surface area contributed by atoms with Gasteiger partial charge < -0.3 is 15.2 Å². The molecule has 0 aliphatic carbocycles. The minimum atomic E-state index is -1.30. The van der Waals surface area contributed by atoms with Gasteiger partial charge >= 0.3 is 0 Å². The molecule has 0 saturated heterocycles. The lowest BCUT2D eigenvalue weighted by Gasteiger charge is -2.13. The van der Waals surface area contributed by atoms with E-state index in [4.69, 9.17) is 0 Å². The lowest BCUT2D eigenvalue weighted by atomic mass is 10.1. The zero-order valence-electron chi connectivity index (χ0n) is 11.8. The van der Waals surface area contributed by atoms with Gasteiger partial charge in [-0.1, -0.05) is 30.3 Å². The van der Waals surface area contributed by atoms with Crippen molar-refractivity contribution < 1.29 is 14.7 Å². The summed E-state index contributed by atoms with van der Waals surface area (Å²) in [7, 11) is 0. The summed E-state index contributed by atoms with van der Waals surface area (Å²) in [5, 5.41) is 14.9. The second-order valence-electron chi connectivity index (χ2n) is 4.89. The maximum absolute atomic E-state index is 12.4. The smallest absolute Gasteiger partial charge is 0.265 e. The van der Waals surface area contributed by atoms with Crippen molar-refractivity contribution in [2.75, 3.05) is 5.32 Å². The number of aryl methyl sites for hydroxylation is 1. The molecule has 3 rings (SSSR count). The van der Waals surface area contributed by atoms with E-state index in [0.29, 0.717) is 10.4 Å². The van der Waals surface area contributed by atoms with Gasteiger partial charge in [0, 0.05) is 10.3 Å². The number of thiophene rings is 1. The lowest BCUT2D eigenvalue weighted by Crippen LogP contribution is -2.25. The predicted octanol–water partition coefficient (Wildman–Crippen LogP) is 2.83. The van der Waals surface area contributed by atoms with Gasteiger partial charge in [0.05, 0.1) is 16.5 Å². The molecule has 1 amide bonds. The van der Waals surface area contributed by atoms with Crippen LogP contribution in [0.3, 0.4) is 0 Å². The molecule has 22 heavy (non-hydrogen) atoms. The monoisotopic (exact) mass is 310 g/mol. The van der Waals surface area contributed by atoms with Crippen molar-refractivity contribution in [3.05, 3.63) is 64.5 Å². The van der Waals surface area contributed by atoms with Crippen molar-refractivity contribution in [2.45, 2.75) is 6.92 Å². The molecule has 3 aromatic rings. The highest BCUT2D eigenvalue weighted by molar-refractivity contribution is 7.20. The first-order valence-electron chi connectivity index (χ1n) is 6.67. The van der Waals surface area contributed by atoms with Gasteiger partial charge in [-0.05, 0) is 36.1 Å². The van der Waals surface area contributed by atoms with Gasteiger partial charge in [0.2, 0.25) is 0 Å². The van der Waals surface area contributed by atoms with E-state index in [1.54, 1.807) is 31.2 Å². The highest BCUT2D eigenvalue weighted by Crippen LogP contribution is 2.27. The molecule has 4 nitrogen and oxygen atoms in total. The van der Waals surface area contributed by atoms with Gasteiger partial charge in [0.25, 0.3) is 5.91 Å². The summed E-state index contributed by atoms with van der Waals surface area (Å²) < 4.78 is 1.01. The molecule has 2 aromatic carbocycles. The van der Waals surface area contributed by atoms with E-state index in [0.717, 1.165) is 10.1 Å². The Morgan fingerprint density at radius 3 is 2.59 bits per heavy atom. The maximum Gasteiger partial charge on any atom is 0.265 e. The molecule has 1 N–H and O–H groups in total. The third-order valence-corrected chi connectivity index (χ3v) is 4.49. The highest BCUT2D eigenvalue weighted by atomic mass is 32.1. The first-order chi connectivity index (χ1) is 10.6. The molecule has 0 bridgehead atoms. The van der Waals surface area contributed by atoms with Gasteiger partial charge in [-0.3, -0.25) is 4.79 Å². The number of benzene rings is 2. The number of carbonyl (C=O) groups excluding carboxylic acids is 2. The number of fused-ring (bicyclic) bond motifs is 1. The number of amides is 1. The Morgan fingerprint density at radius 1 is 1.09 bits per heavy atom. The summed E-state index contributed by atoms with van der Waals surface area (Å²) in [4.78, 5) is 24.1. The Kier molecular flexibility index (Phi) is 3.65. The Labute approximate surface area is 131 Å². The van der Waals surface area contributed by atoms with Crippen LogP contribution in [0.4, 0.5) is 5.69 Å². The molecule has 0 fully saturated rings. The fraction of sp³-hybridized carbons (Fsp3) is 0.0588. The molecule has 0 unspecified atom stereocenters. The Morgan fingerprint density at radius 2 is 1.86 bits per heavy atom.